The van der Waals surface area contributed by atoms with Crippen LogP contribution >= 0.6 is 12.4 Å². The van der Waals surface area contributed by atoms with E-state index in [9.17, 15) is 13.2 Å². The summed E-state index contributed by atoms with van der Waals surface area (Å²) < 4.78 is 37.7. The summed E-state index contributed by atoms with van der Waals surface area (Å²) >= 11 is 0. The molecule has 8 nitrogen and oxygen atoms in total. The Morgan fingerprint density at radius 2 is 1.96 bits per heavy atom. The van der Waals surface area contributed by atoms with E-state index in [-0.39, 0.29) is 35.4 Å². The first-order valence-electron chi connectivity index (χ1n) is 8.45. The maximum absolute atomic E-state index is 13.0. The predicted molar refractivity (Wildman–Crippen MR) is 105 cm³/mol. The van der Waals surface area contributed by atoms with Gasteiger partial charge in [0.25, 0.3) is 0 Å². The largest absolute Gasteiger partial charge is 0.495 e. The first kappa shape index (κ1) is 23.6. The quantitative estimate of drug-likeness (QED) is 0.664. The highest BCUT2D eigenvalue weighted by Gasteiger charge is 2.29. The van der Waals surface area contributed by atoms with Gasteiger partial charge in [-0.2, -0.15) is 4.31 Å². The van der Waals surface area contributed by atoms with Crippen LogP contribution in [0.1, 0.15) is 19.4 Å². The zero-order valence-corrected chi connectivity index (χ0v) is 17.5. The van der Waals surface area contributed by atoms with Crippen molar-refractivity contribution >= 4 is 28.3 Å². The molecule has 154 valence electrons. The minimum absolute atomic E-state index is 0. The van der Waals surface area contributed by atoms with Crippen LogP contribution in [0.15, 0.2) is 23.1 Å². The lowest BCUT2D eigenvalue weighted by atomic mass is 10.0. The van der Waals surface area contributed by atoms with Gasteiger partial charge in [0.05, 0.1) is 26.7 Å². The lowest BCUT2D eigenvalue weighted by Crippen LogP contribution is -2.49. The van der Waals surface area contributed by atoms with Gasteiger partial charge in [-0.25, -0.2) is 8.42 Å². The summed E-state index contributed by atoms with van der Waals surface area (Å²) in [6.07, 6.45) is 0.0546. The van der Waals surface area contributed by atoms with Crippen molar-refractivity contribution < 1.29 is 22.7 Å². The Kier molecular flexibility index (Phi) is 8.49. The van der Waals surface area contributed by atoms with E-state index in [1.54, 1.807) is 12.1 Å². The normalized spacial score (nSPS) is 15.7. The van der Waals surface area contributed by atoms with Gasteiger partial charge in [-0.15, -0.1) is 12.4 Å². The average molecular weight is 422 g/mol. The van der Waals surface area contributed by atoms with Crippen LogP contribution < -0.4 is 15.8 Å². The van der Waals surface area contributed by atoms with Crippen LogP contribution in [0.25, 0.3) is 0 Å². The Balaban J connectivity index is 0.00000364. The number of amides is 1. The van der Waals surface area contributed by atoms with Gasteiger partial charge in [0.15, 0.2) is 0 Å². The van der Waals surface area contributed by atoms with Gasteiger partial charge in [0, 0.05) is 25.2 Å². The minimum atomic E-state index is -3.73. The third kappa shape index (κ3) is 6.05. The fourth-order valence-electron chi connectivity index (χ4n) is 2.62. The van der Waals surface area contributed by atoms with Crippen LogP contribution in [0, 0.1) is 0 Å². The number of rotatable bonds is 7. The van der Waals surface area contributed by atoms with Crippen molar-refractivity contribution in [1.82, 2.24) is 9.62 Å². The molecule has 0 unspecified atom stereocenters. The Bertz CT molecular complexity index is 749. The van der Waals surface area contributed by atoms with E-state index in [0.29, 0.717) is 38.4 Å². The molecular formula is C17H28ClN3O5S. The van der Waals surface area contributed by atoms with E-state index < -0.39 is 15.6 Å². The van der Waals surface area contributed by atoms with E-state index in [1.165, 1.54) is 17.5 Å². The highest BCUT2D eigenvalue weighted by molar-refractivity contribution is 7.89. The van der Waals surface area contributed by atoms with Crippen molar-refractivity contribution in [2.24, 2.45) is 5.73 Å². The van der Waals surface area contributed by atoms with Crippen molar-refractivity contribution in [2.75, 3.05) is 40.0 Å². The summed E-state index contributed by atoms with van der Waals surface area (Å²) in [6.45, 7) is 5.26. The molecule has 27 heavy (non-hydrogen) atoms. The van der Waals surface area contributed by atoms with Gasteiger partial charge < -0.3 is 20.5 Å². The molecule has 0 atom stereocenters. The summed E-state index contributed by atoms with van der Waals surface area (Å²) in [6, 6.07) is 4.76. The molecule has 1 aromatic carbocycles. The molecule has 3 N–H and O–H groups in total. The van der Waals surface area contributed by atoms with Crippen molar-refractivity contribution in [2.45, 2.75) is 30.7 Å². The Hall–Kier alpha value is -1.39. The minimum Gasteiger partial charge on any atom is -0.495 e. The maximum atomic E-state index is 13.0. The molecule has 1 aromatic rings. The number of methoxy groups -OCH3 is 1. The van der Waals surface area contributed by atoms with Crippen molar-refractivity contribution in [3.8, 4) is 5.75 Å². The second-order valence-corrected chi connectivity index (χ2v) is 8.72. The highest BCUT2D eigenvalue weighted by atomic mass is 35.5. The number of morpholine rings is 1. The van der Waals surface area contributed by atoms with Crippen LogP contribution in [-0.4, -0.2) is 64.1 Å². The SMILES string of the molecule is COc1ccc(CC(=O)NC(C)(C)CN)cc1S(=O)(=O)N1CCOCC1.Cl. The first-order valence-corrected chi connectivity index (χ1v) is 9.89. The van der Waals surface area contributed by atoms with Crippen molar-refractivity contribution in [3.05, 3.63) is 23.8 Å². The fourth-order valence-corrected chi connectivity index (χ4v) is 4.23. The van der Waals surface area contributed by atoms with E-state index in [4.69, 9.17) is 15.2 Å². The number of hydrogen-bond donors (Lipinski definition) is 2. The number of sulfonamides is 1. The van der Waals surface area contributed by atoms with E-state index in [2.05, 4.69) is 5.32 Å². The van der Waals surface area contributed by atoms with Crippen LogP contribution in [0.2, 0.25) is 0 Å². The number of halogens is 1. The van der Waals surface area contributed by atoms with Gasteiger partial charge >= 0.3 is 0 Å². The van der Waals surface area contributed by atoms with Crippen LogP contribution in [0.3, 0.4) is 0 Å². The summed E-state index contributed by atoms with van der Waals surface area (Å²) in [5.41, 5.74) is 5.69. The van der Waals surface area contributed by atoms with Gasteiger partial charge in [0.2, 0.25) is 15.9 Å². The number of carbonyl (C=O) groups is 1. The summed E-state index contributed by atoms with van der Waals surface area (Å²) in [5, 5.41) is 2.83. The zero-order chi connectivity index (χ0) is 19.4. The molecule has 0 bridgehead atoms. The average Bonchev–Trinajstić information content (AvgIpc) is 2.62. The molecule has 1 amide bonds. The molecule has 1 heterocycles. The zero-order valence-electron chi connectivity index (χ0n) is 15.9. The van der Waals surface area contributed by atoms with Crippen molar-refractivity contribution in [1.29, 1.82) is 0 Å². The van der Waals surface area contributed by atoms with Crippen LogP contribution in [-0.2, 0) is 26.0 Å². The standard InChI is InChI=1S/C17H27N3O5S.ClH/c1-17(2,12-18)19-16(21)11-13-4-5-14(24-3)15(10-13)26(22,23)20-6-8-25-9-7-20;/h4-5,10H,6-9,11-12,18H2,1-3H3,(H,19,21);1H. The number of ether oxygens (including phenoxy) is 2. The summed E-state index contributed by atoms with van der Waals surface area (Å²) in [5.74, 6) is 0.0308. The Morgan fingerprint density at radius 3 is 2.52 bits per heavy atom. The second kappa shape index (κ2) is 9.70. The van der Waals surface area contributed by atoms with E-state index in [1.807, 2.05) is 13.8 Å². The Labute approximate surface area is 166 Å². The molecule has 1 saturated heterocycles. The number of hydrogen-bond acceptors (Lipinski definition) is 6. The molecule has 0 radical (unpaired) electrons. The van der Waals surface area contributed by atoms with Crippen LogP contribution in [0.5, 0.6) is 5.75 Å². The maximum Gasteiger partial charge on any atom is 0.246 e. The third-order valence-corrected chi connectivity index (χ3v) is 6.09. The van der Waals surface area contributed by atoms with E-state index in [0.717, 1.165) is 0 Å². The molecule has 2 rings (SSSR count). The fraction of sp³-hybridized carbons (Fsp3) is 0.588. The number of benzene rings is 1. The second-order valence-electron chi connectivity index (χ2n) is 6.81. The number of nitrogens with one attached hydrogen (secondary N) is 1. The topological polar surface area (TPSA) is 111 Å². The number of nitrogens with two attached hydrogens (primary N) is 1. The molecule has 0 saturated carbocycles. The smallest absolute Gasteiger partial charge is 0.246 e. The molecule has 1 fully saturated rings. The van der Waals surface area contributed by atoms with Gasteiger partial charge in [0.1, 0.15) is 10.6 Å². The Morgan fingerprint density at radius 1 is 1.33 bits per heavy atom. The molecular weight excluding hydrogens is 394 g/mol. The first-order chi connectivity index (χ1) is 12.2. The van der Waals surface area contributed by atoms with Gasteiger partial charge in [-0.05, 0) is 31.5 Å². The molecule has 0 aliphatic carbocycles. The van der Waals surface area contributed by atoms with Crippen LogP contribution in [0.4, 0.5) is 0 Å². The van der Waals surface area contributed by atoms with E-state index >= 15 is 0 Å². The molecule has 10 heteroatoms. The molecule has 1 aliphatic heterocycles. The molecule has 1 aliphatic rings. The molecule has 0 aromatic heterocycles. The number of carbonyl (C=O) groups excluding carboxylic acids is 1. The lowest BCUT2D eigenvalue weighted by Gasteiger charge is -2.27. The monoisotopic (exact) mass is 421 g/mol. The predicted octanol–water partition coefficient (Wildman–Crippen LogP) is 0.534. The third-order valence-electron chi connectivity index (χ3n) is 4.17. The van der Waals surface area contributed by atoms with Gasteiger partial charge in [-0.1, -0.05) is 6.07 Å². The van der Waals surface area contributed by atoms with Crippen molar-refractivity contribution in [3.63, 3.8) is 0 Å². The summed E-state index contributed by atoms with van der Waals surface area (Å²) in [4.78, 5) is 12.3. The van der Waals surface area contributed by atoms with Gasteiger partial charge in [-0.3, -0.25) is 4.79 Å². The number of nitrogens with zero attached hydrogens (tertiary/aromatic N) is 1. The summed E-state index contributed by atoms with van der Waals surface area (Å²) in [7, 11) is -2.31. The lowest BCUT2D eigenvalue weighted by molar-refractivity contribution is -0.121. The highest BCUT2D eigenvalue weighted by Crippen LogP contribution is 2.28. The molecule has 0 spiro atoms.